The van der Waals surface area contributed by atoms with Gasteiger partial charge in [-0.2, -0.15) is 0 Å². The summed E-state index contributed by atoms with van der Waals surface area (Å²) in [6, 6.07) is 89.2. The molecule has 3 heterocycles. The summed E-state index contributed by atoms with van der Waals surface area (Å²) in [5.41, 5.74) is 11.1. The van der Waals surface area contributed by atoms with Gasteiger partial charge in [0.15, 0.2) is 8.07 Å². The Kier molecular flexibility index (Phi) is 8.23. The van der Waals surface area contributed by atoms with E-state index in [1.807, 2.05) is 12.1 Å². The minimum Gasteiger partial charge on any atom is -0.456 e. The lowest BCUT2D eigenvalue weighted by Gasteiger charge is -2.34. The predicted molar refractivity (Wildman–Crippen MR) is 271 cm³/mol. The molecule has 0 aliphatic carbocycles. The first-order valence-corrected chi connectivity index (χ1v) is 24.0. The van der Waals surface area contributed by atoms with Crippen molar-refractivity contribution in [2.45, 2.75) is 0 Å². The van der Waals surface area contributed by atoms with Crippen LogP contribution in [0.5, 0.6) is 0 Å². The van der Waals surface area contributed by atoms with Gasteiger partial charge in [-0.05, 0) is 92.5 Å². The Morgan fingerprint density at radius 1 is 0.297 bits per heavy atom. The Balaban J connectivity index is 1.00. The van der Waals surface area contributed by atoms with Gasteiger partial charge in [0.25, 0.3) is 0 Å². The maximum Gasteiger partial charge on any atom is 0.179 e. The van der Waals surface area contributed by atoms with Crippen molar-refractivity contribution in [1.29, 1.82) is 0 Å². The zero-order valence-electron chi connectivity index (χ0n) is 34.9. The second-order valence-electron chi connectivity index (χ2n) is 16.8. The molecule has 0 amide bonds. The molecule has 0 atom stereocenters. The van der Waals surface area contributed by atoms with Crippen LogP contribution >= 0.6 is 0 Å². The van der Waals surface area contributed by atoms with E-state index in [0.717, 1.165) is 38.9 Å². The highest BCUT2D eigenvalue weighted by Gasteiger charge is 2.41. The van der Waals surface area contributed by atoms with Gasteiger partial charge in [-0.1, -0.05) is 182 Å². The lowest BCUT2D eigenvalue weighted by Crippen LogP contribution is -2.74. The van der Waals surface area contributed by atoms with E-state index in [0.29, 0.717) is 0 Å². The third kappa shape index (κ3) is 5.39. The zero-order valence-corrected chi connectivity index (χ0v) is 35.9. The van der Waals surface area contributed by atoms with Gasteiger partial charge in [0.05, 0.1) is 22.1 Å². The van der Waals surface area contributed by atoms with Gasteiger partial charge in [-0.15, -0.1) is 0 Å². The van der Waals surface area contributed by atoms with Crippen LogP contribution in [0.15, 0.2) is 247 Å². The smallest absolute Gasteiger partial charge is 0.179 e. The number of furan rings is 1. The first-order valence-electron chi connectivity index (χ1n) is 22.0. The van der Waals surface area contributed by atoms with Crippen molar-refractivity contribution < 1.29 is 4.42 Å². The van der Waals surface area contributed by atoms with Crippen LogP contribution in [0.2, 0.25) is 0 Å². The molecule has 0 N–H and O–H groups in total. The average Bonchev–Trinajstić information content (AvgIpc) is 4.03. The summed E-state index contributed by atoms with van der Waals surface area (Å²) in [6.45, 7) is 0. The van der Waals surface area contributed by atoms with Crippen LogP contribution in [0.1, 0.15) is 0 Å². The van der Waals surface area contributed by atoms with E-state index in [4.69, 9.17) is 4.42 Å². The van der Waals surface area contributed by atoms with E-state index in [1.165, 1.54) is 69.9 Å². The second-order valence-corrected chi connectivity index (χ2v) is 20.6. The van der Waals surface area contributed by atoms with Crippen molar-refractivity contribution in [3.63, 3.8) is 0 Å². The number of para-hydroxylation sites is 3. The summed E-state index contributed by atoms with van der Waals surface area (Å²) in [7, 11) is -2.68. The van der Waals surface area contributed by atoms with Gasteiger partial charge in [0, 0.05) is 43.7 Å². The topological polar surface area (TPSA) is 23.0 Å². The van der Waals surface area contributed by atoms with Crippen molar-refractivity contribution in [3.05, 3.63) is 243 Å². The molecule has 0 saturated carbocycles. The molecule has 0 aliphatic heterocycles. The van der Waals surface area contributed by atoms with Gasteiger partial charge >= 0.3 is 0 Å². The van der Waals surface area contributed by atoms with E-state index in [1.54, 1.807) is 0 Å². The molecule has 0 radical (unpaired) electrons. The van der Waals surface area contributed by atoms with Crippen molar-refractivity contribution in [1.82, 2.24) is 9.13 Å². The predicted octanol–water partition coefficient (Wildman–Crippen LogP) is 12.8. The molecule has 3 nitrogen and oxygen atoms in total. The van der Waals surface area contributed by atoms with Gasteiger partial charge < -0.3 is 13.6 Å². The molecule has 13 aromatic rings. The highest BCUT2D eigenvalue weighted by atomic mass is 28.3. The molecule has 0 unspecified atom stereocenters. The minimum absolute atomic E-state index is 0.902. The average molecular weight is 833 g/mol. The van der Waals surface area contributed by atoms with Crippen LogP contribution in [0.3, 0.4) is 0 Å². The van der Waals surface area contributed by atoms with Gasteiger partial charge in [0.1, 0.15) is 11.2 Å². The summed E-state index contributed by atoms with van der Waals surface area (Å²) >= 11 is 0. The SMILES string of the molecule is c1ccc([Si](c2ccccc2)(c2ccccc2)c2ccc(-n3c4ccccc4c4ccc(-n5c6ccccc6c6c(-c7ccc8c(c7)oc7ccccc78)cccc65)cc43)cc2)cc1. The molecular weight excluding hydrogens is 793 g/mol. The van der Waals surface area contributed by atoms with Crippen LogP contribution < -0.4 is 20.7 Å². The largest absolute Gasteiger partial charge is 0.456 e. The van der Waals surface area contributed by atoms with Crippen molar-refractivity contribution in [3.8, 4) is 22.5 Å². The standard InChI is InChI=1S/C60H40N2OSi/c1-4-17-44(18-5-1)64(45-19-6-2-7-20-45,46-21-8-3-9-22-46)47-35-32-42(33-36-47)61-54-27-13-10-23-49(54)50-38-34-43(40-57(50)61)62-55-28-14-11-25-53(55)60-48(26-16-29-56(60)62)41-31-37-52-51-24-12-15-30-58(51)63-59(52)39-41/h1-40H. The number of aromatic nitrogens is 2. The normalized spacial score (nSPS) is 12.1. The van der Waals surface area contributed by atoms with E-state index in [2.05, 4.69) is 240 Å². The highest BCUT2D eigenvalue weighted by Crippen LogP contribution is 2.41. The quantitative estimate of drug-likeness (QED) is 0.116. The Morgan fingerprint density at radius 2 is 0.781 bits per heavy atom. The second kappa shape index (κ2) is 14.5. The molecule has 10 aromatic carbocycles. The third-order valence-electron chi connectivity index (χ3n) is 13.5. The van der Waals surface area contributed by atoms with E-state index < -0.39 is 8.07 Å². The molecular formula is C60H40N2OSi. The van der Waals surface area contributed by atoms with Gasteiger partial charge in [-0.25, -0.2) is 0 Å². The van der Waals surface area contributed by atoms with E-state index in [-0.39, 0.29) is 0 Å². The van der Waals surface area contributed by atoms with Crippen LogP contribution in [0, 0.1) is 0 Å². The Labute approximate surface area is 371 Å². The summed E-state index contributed by atoms with van der Waals surface area (Å²) < 4.78 is 11.3. The van der Waals surface area contributed by atoms with Crippen molar-refractivity contribution in [2.75, 3.05) is 0 Å². The summed E-state index contributed by atoms with van der Waals surface area (Å²) in [5, 5.41) is 12.6. The summed E-state index contributed by atoms with van der Waals surface area (Å²) in [6.07, 6.45) is 0. The minimum atomic E-state index is -2.68. The van der Waals surface area contributed by atoms with E-state index in [9.17, 15) is 0 Å². The Bertz CT molecular complexity index is 3790. The van der Waals surface area contributed by atoms with Gasteiger partial charge in [-0.3, -0.25) is 0 Å². The molecule has 300 valence electrons. The van der Waals surface area contributed by atoms with Crippen LogP contribution in [-0.4, -0.2) is 17.2 Å². The molecule has 4 heteroatoms. The van der Waals surface area contributed by atoms with Gasteiger partial charge in [0.2, 0.25) is 0 Å². The van der Waals surface area contributed by atoms with Crippen molar-refractivity contribution in [2.24, 2.45) is 0 Å². The monoisotopic (exact) mass is 832 g/mol. The summed E-state index contributed by atoms with van der Waals surface area (Å²) in [4.78, 5) is 0. The van der Waals surface area contributed by atoms with Crippen LogP contribution in [0.25, 0.3) is 88.1 Å². The molecule has 13 rings (SSSR count). The first kappa shape index (κ1) is 36.5. The lowest BCUT2D eigenvalue weighted by molar-refractivity contribution is 0.669. The zero-order chi connectivity index (χ0) is 42.2. The lowest BCUT2D eigenvalue weighted by atomic mass is 9.98. The van der Waals surface area contributed by atoms with E-state index >= 15 is 0 Å². The fourth-order valence-electron chi connectivity index (χ4n) is 10.7. The number of hydrogen-bond donors (Lipinski definition) is 0. The Hall–Kier alpha value is -8.18. The number of hydrogen-bond acceptors (Lipinski definition) is 1. The fraction of sp³-hybridized carbons (Fsp3) is 0. The maximum absolute atomic E-state index is 6.38. The molecule has 3 aromatic heterocycles. The third-order valence-corrected chi connectivity index (χ3v) is 18.3. The van der Waals surface area contributed by atoms with Crippen molar-refractivity contribution >= 4 is 94.4 Å². The molecule has 64 heavy (non-hydrogen) atoms. The molecule has 0 aliphatic rings. The van der Waals surface area contributed by atoms with Crippen LogP contribution in [-0.2, 0) is 0 Å². The number of benzene rings is 10. The first-order chi connectivity index (χ1) is 31.8. The maximum atomic E-state index is 6.38. The number of rotatable bonds is 7. The molecule has 0 saturated heterocycles. The van der Waals surface area contributed by atoms with Crippen LogP contribution in [0.4, 0.5) is 0 Å². The number of nitrogens with zero attached hydrogens (tertiary/aromatic N) is 2. The number of fused-ring (bicyclic) bond motifs is 9. The summed E-state index contributed by atoms with van der Waals surface area (Å²) in [5.74, 6) is 0. The fourth-order valence-corrected chi connectivity index (χ4v) is 15.5. The molecule has 0 spiro atoms. The molecule has 0 bridgehead atoms. The Morgan fingerprint density at radius 3 is 1.47 bits per heavy atom. The molecule has 0 fully saturated rings. The highest BCUT2D eigenvalue weighted by molar-refractivity contribution is 7.19.